The van der Waals surface area contributed by atoms with Gasteiger partial charge in [-0.2, -0.15) is 5.26 Å². The highest BCUT2D eigenvalue weighted by atomic mass is 16.5. The molecule has 9 heteroatoms. The fraction of sp³-hybridized carbons (Fsp3) is 0.118. The summed E-state index contributed by atoms with van der Waals surface area (Å²) in [6, 6.07) is 13.0. The predicted molar refractivity (Wildman–Crippen MR) is 90.5 cm³/mol. The van der Waals surface area contributed by atoms with E-state index in [4.69, 9.17) is 10.00 Å². The molecule has 0 saturated heterocycles. The second kappa shape index (κ2) is 9.51. The second-order valence-electron chi connectivity index (χ2n) is 4.95. The maximum absolute atomic E-state index is 11.7. The normalized spacial score (nSPS) is 9.65. The van der Waals surface area contributed by atoms with E-state index < -0.39 is 24.3 Å². The number of ether oxygens (including phenoxy) is 1. The van der Waals surface area contributed by atoms with Crippen molar-refractivity contribution < 1.29 is 19.1 Å². The first-order valence-corrected chi connectivity index (χ1v) is 7.46. The first-order valence-electron chi connectivity index (χ1n) is 7.46. The number of benzene rings is 1. The average molecular weight is 353 g/mol. The molecule has 3 N–H and O–H groups in total. The third kappa shape index (κ3) is 6.03. The molecule has 0 bridgehead atoms. The first-order chi connectivity index (χ1) is 12.6. The predicted octanol–water partition coefficient (Wildman–Crippen LogP) is 0.370. The Hall–Kier alpha value is -3.77. The van der Waals surface area contributed by atoms with Gasteiger partial charge in [0, 0.05) is 11.9 Å². The van der Waals surface area contributed by atoms with E-state index >= 15 is 0 Å². The molecule has 0 aliphatic rings. The minimum Gasteiger partial charge on any atom is -0.362 e. The van der Waals surface area contributed by atoms with E-state index in [1.54, 1.807) is 36.4 Å². The quantitative estimate of drug-likeness (QED) is 0.643. The third-order valence-electron chi connectivity index (χ3n) is 2.98. The van der Waals surface area contributed by atoms with Gasteiger partial charge in [0.25, 0.3) is 11.8 Å². The highest BCUT2D eigenvalue weighted by Crippen LogP contribution is 2.08. The fourth-order valence-electron chi connectivity index (χ4n) is 1.79. The van der Waals surface area contributed by atoms with Crippen molar-refractivity contribution in [3.8, 4) is 6.07 Å². The Kier molecular flexibility index (Phi) is 6.79. The lowest BCUT2D eigenvalue weighted by Gasteiger charge is -2.08. The number of rotatable bonds is 6. The molecule has 26 heavy (non-hydrogen) atoms. The number of hydrogen-bond acceptors (Lipinski definition) is 6. The Morgan fingerprint density at radius 3 is 2.38 bits per heavy atom. The number of anilines is 1. The molecule has 0 spiro atoms. The van der Waals surface area contributed by atoms with Crippen LogP contribution in [0.3, 0.4) is 0 Å². The Morgan fingerprint density at radius 1 is 1.00 bits per heavy atom. The van der Waals surface area contributed by atoms with Crippen LogP contribution in [0.5, 0.6) is 0 Å². The van der Waals surface area contributed by atoms with Gasteiger partial charge in [-0.25, -0.2) is 0 Å². The number of carbonyl (C=O) groups is 3. The lowest BCUT2D eigenvalue weighted by molar-refractivity contribution is -0.129. The van der Waals surface area contributed by atoms with Crippen molar-refractivity contribution in [3.63, 3.8) is 0 Å². The summed E-state index contributed by atoms with van der Waals surface area (Å²) in [6.07, 6.45) is 1.45. The monoisotopic (exact) mass is 353 g/mol. The maximum atomic E-state index is 11.7. The average Bonchev–Trinajstić information content (AvgIpc) is 2.67. The molecule has 1 aromatic carbocycles. The maximum Gasteiger partial charge on any atom is 0.288 e. The van der Waals surface area contributed by atoms with E-state index in [2.05, 4.69) is 21.2 Å². The number of hydrazine groups is 1. The molecule has 2 rings (SSSR count). The smallest absolute Gasteiger partial charge is 0.288 e. The van der Waals surface area contributed by atoms with Gasteiger partial charge in [0.2, 0.25) is 5.91 Å². The molecule has 2 aromatic rings. The van der Waals surface area contributed by atoms with Gasteiger partial charge in [0.15, 0.2) is 0 Å². The topological polar surface area (TPSA) is 133 Å². The number of nitrogens with zero attached hydrogens (tertiary/aromatic N) is 2. The van der Waals surface area contributed by atoms with E-state index in [0.717, 1.165) is 0 Å². The number of nitriles is 1. The SMILES string of the molecule is N#Cc1ccc(NC(=O)COCC(=O)NNC(=O)c2ccccn2)cc1. The summed E-state index contributed by atoms with van der Waals surface area (Å²) in [4.78, 5) is 38.7. The van der Waals surface area contributed by atoms with Gasteiger partial charge in [-0.1, -0.05) is 6.07 Å². The zero-order valence-corrected chi connectivity index (χ0v) is 13.6. The lowest BCUT2D eigenvalue weighted by Crippen LogP contribution is -2.43. The number of carbonyl (C=O) groups excluding carboxylic acids is 3. The largest absolute Gasteiger partial charge is 0.362 e. The van der Waals surface area contributed by atoms with Gasteiger partial charge >= 0.3 is 0 Å². The summed E-state index contributed by atoms with van der Waals surface area (Å²) in [7, 11) is 0. The van der Waals surface area contributed by atoms with Crippen LogP contribution in [-0.2, 0) is 14.3 Å². The molecule has 1 aromatic heterocycles. The summed E-state index contributed by atoms with van der Waals surface area (Å²) in [5.41, 5.74) is 5.46. The van der Waals surface area contributed by atoms with E-state index in [0.29, 0.717) is 11.3 Å². The summed E-state index contributed by atoms with van der Waals surface area (Å²) in [5, 5.41) is 11.3. The lowest BCUT2D eigenvalue weighted by atomic mass is 10.2. The number of hydrogen-bond donors (Lipinski definition) is 3. The number of aromatic nitrogens is 1. The highest BCUT2D eigenvalue weighted by Gasteiger charge is 2.09. The van der Waals surface area contributed by atoms with Crippen LogP contribution in [0, 0.1) is 11.3 Å². The molecule has 0 fully saturated rings. The zero-order chi connectivity index (χ0) is 18.8. The molecular weight excluding hydrogens is 338 g/mol. The van der Waals surface area contributed by atoms with E-state index in [-0.39, 0.29) is 12.3 Å². The first kappa shape index (κ1) is 18.6. The van der Waals surface area contributed by atoms with Crippen molar-refractivity contribution in [2.75, 3.05) is 18.5 Å². The summed E-state index contributed by atoms with van der Waals surface area (Å²) in [5.74, 6) is -1.65. The van der Waals surface area contributed by atoms with Gasteiger partial charge in [-0.05, 0) is 36.4 Å². The molecule has 0 unspecified atom stereocenters. The van der Waals surface area contributed by atoms with E-state index in [1.165, 1.54) is 12.3 Å². The molecule has 0 atom stereocenters. The van der Waals surface area contributed by atoms with Crippen LogP contribution in [-0.4, -0.2) is 35.9 Å². The fourth-order valence-corrected chi connectivity index (χ4v) is 1.79. The minimum atomic E-state index is -0.625. The molecule has 132 valence electrons. The Labute approximate surface area is 149 Å². The van der Waals surface area contributed by atoms with Crippen LogP contribution in [0.2, 0.25) is 0 Å². The third-order valence-corrected chi connectivity index (χ3v) is 2.98. The summed E-state index contributed by atoms with van der Waals surface area (Å²) >= 11 is 0. The molecule has 9 nitrogen and oxygen atoms in total. The number of nitrogens with one attached hydrogen (secondary N) is 3. The standard InChI is InChI=1S/C17H15N5O4/c18-9-12-4-6-13(7-5-12)20-15(23)10-26-11-16(24)21-22-17(25)14-3-1-2-8-19-14/h1-8H,10-11H2,(H,20,23)(H,21,24)(H,22,25). The van der Waals surface area contributed by atoms with E-state index in [9.17, 15) is 14.4 Å². The summed E-state index contributed by atoms with van der Waals surface area (Å²) in [6.45, 7) is -0.759. The molecule has 0 radical (unpaired) electrons. The molecule has 0 aliphatic heterocycles. The van der Waals surface area contributed by atoms with Gasteiger partial charge in [-0.3, -0.25) is 30.2 Å². The zero-order valence-electron chi connectivity index (χ0n) is 13.6. The molecule has 0 aliphatic carbocycles. The van der Waals surface area contributed by atoms with Crippen molar-refractivity contribution in [2.24, 2.45) is 0 Å². The number of amides is 3. The van der Waals surface area contributed by atoms with E-state index in [1.807, 2.05) is 6.07 Å². The highest BCUT2D eigenvalue weighted by molar-refractivity contribution is 5.94. The molecular formula is C17H15N5O4. The molecule has 0 saturated carbocycles. The Bertz CT molecular complexity index is 815. The van der Waals surface area contributed by atoms with Crippen molar-refractivity contribution >= 4 is 23.4 Å². The van der Waals surface area contributed by atoms with Crippen molar-refractivity contribution in [1.82, 2.24) is 15.8 Å². The van der Waals surface area contributed by atoms with Crippen molar-refractivity contribution in [2.45, 2.75) is 0 Å². The van der Waals surface area contributed by atoms with Crippen LogP contribution >= 0.6 is 0 Å². The number of pyridine rings is 1. The Balaban J connectivity index is 1.65. The van der Waals surface area contributed by atoms with Crippen LogP contribution in [0.15, 0.2) is 48.7 Å². The van der Waals surface area contributed by atoms with Crippen LogP contribution in [0.1, 0.15) is 16.1 Å². The Morgan fingerprint density at radius 2 is 1.73 bits per heavy atom. The molecule has 3 amide bonds. The van der Waals surface area contributed by atoms with Crippen molar-refractivity contribution in [3.05, 3.63) is 59.9 Å². The molecule has 1 heterocycles. The van der Waals surface area contributed by atoms with Crippen LogP contribution < -0.4 is 16.2 Å². The van der Waals surface area contributed by atoms with Gasteiger partial charge in [0.1, 0.15) is 18.9 Å². The van der Waals surface area contributed by atoms with Crippen LogP contribution in [0.4, 0.5) is 5.69 Å². The minimum absolute atomic E-state index is 0.149. The van der Waals surface area contributed by atoms with Gasteiger partial charge < -0.3 is 10.1 Å². The van der Waals surface area contributed by atoms with Crippen LogP contribution in [0.25, 0.3) is 0 Å². The van der Waals surface area contributed by atoms with Gasteiger partial charge in [-0.15, -0.1) is 0 Å². The van der Waals surface area contributed by atoms with Crippen molar-refractivity contribution in [1.29, 1.82) is 5.26 Å². The second-order valence-corrected chi connectivity index (χ2v) is 4.95. The summed E-state index contributed by atoms with van der Waals surface area (Å²) < 4.78 is 4.97. The van der Waals surface area contributed by atoms with Gasteiger partial charge in [0.05, 0.1) is 11.6 Å².